The molecule has 0 unspecified atom stereocenters. The predicted molar refractivity (Wildman–Crippen MR) is 156 cm³/mol. The van der Waals surface area contributed by atoms with Crippen LogP contribution in [0.3, 0.4) is 0 Å². The van der Waals surface area contributed by atoms with Crippen LogP contribution in [0.1, 0.15) is 17.5 Å². The number of halogens is 1. The average Bonchev–Trinajstić information content (AvgIpc) is 2.95. The van der Waals surface area contributed by atoms with Gasteiger partial charge in [-0.25, -0.2) is 8.42 Å². The molecular formula is C30H37ClN4O3S. The molecule has 1 N–H and O–H groups in total. The van der Waals surface area contributed by atoms with Gasteiger partial charge in [-0.3, -0.25) is 4.79 Å². The number of likely N-dealkylation sites (N-methyl/N-ethyl adjacent to an activating group) is 1. The summed E-state index contributed by atoms with van der Waals surface area (Å²) in [6, 6.07) is 24.2. The molecule has 9 heteroatoms. The van der Waals surface area contributed by atoms with E-state index in [1.807, 2.05) is 42.5 Å². The Hall–Kier alpha value is -2.75. The third-order valence-corrected chi connectivity index (χ3v) is 8.77. The molecule has 3 aromatic rings. The van der Waals surface area contributed by atoms with Crippen molar-refractivity contribution in [2.75, 3.05) is 46.3 Å². The van der Waals surface area contributed by atoms with Crippen molar-refractivity contribution in [3.63, 3.8) is 0 Å². The summed E-state index contributed by atoms with van der Waals surface area (Å²) in [6.07, 6.45) is 1.02. The molecule has 3 aromatic carbocycles. The smallest absolute Gasteiger partial charge is 0.241 e. The maximum Gasteiger partial charge on any atom is 0.241 e. The summed E-state index contributed by atoms with van der Waals surface area (Å²) in [6.45, 7) is 5.94. The monoisotopic (exact) mass is 568 g/mol. The van der Waals surface area contributed by atoms with Gasteiger partial charge in [0.25, 0.3) is 0 Å². The molecule has 0 aliphatic carbocycles. The van der Waals surface area contributed by atoms with Crippen molar-refractivity contribution >= 4 is 27.5 Å². The zero-order chi connectivity index (χ0) is 27.7. The molecule has 0 bridgehead atoms. The second-order valence-corrected chi connectivity index (χ2v) is 12.2. The molecule has 0 radical (unpaired) electrons. The number of sulfonamides is 1. The highest BCUT2D eigenvalue weighted by Gasteiger charge is 2.30. The molecule has 4 rings (SSSR count). The van der Waals surface area contributed by atoms with Gasteiger partial charge in [0.1, 0.15) is 6.04 Å². The summed E-state index contributed by atoms with van der Waals surface area (Å²) >= 11 is 6.07. The van der Waals surface area contributed by atoms with E-state index < -0.39 is 16.1 Å². The minimum absolute atomic E-state index is 0.128. The minimum atomic E-state index is -3.92. The third kappa shape index (κ3) is 8.88. The fourth-order valence-electron chi connectivity index (χ4n) is 4.74. The summed E-state index contributed by atoms with van der Waals surface area (Å²) in [5, 5.41) is 0.584. The van der Waals surface area contributed by atoms with Gasteiger partial charge in [0.15, 0.2) is 0 Å². The molecule has 1 aliphatic heterocycles. The summed E-state index contributed by atoms with van der Waals surface area (Å²) in [5.74, 6) is -0.244. The number of nitrogens with zero attached hydrogens (tertiary/aromatic N) is 3. The first-order valence-electron chi connectivity index (χ1n) is 13.4. The van der Waals surface area contributed by atoms with Crippen molar-refractivity contribution in [3.05, 3.63) is 101 Å². The van der Waals surface area contributed by atoms with Crippen LogP contribution in [0.5, 0.6) is 0 Å². The fraction of sp³-hybridized carbons (Fsp3) is 0.367. The molecule has 7 nitrogen and oxygen atoms in total. The molecule has 1 aliphatic rings. The molecule has 1 heterocycles. The molecule has 0 spiro atoms. The number of amides is 1. The number of piperazine rings is 1. The second-order valence-electron chi connectivity index (χ2n) is 10.1. The van der Waals surface area contributed by atoms with E-state index in [4.69, 9.17) is 11.6 Å². The van der Waals surface area contributed by atoms with E-state index in [1.165, 1.54) is 12.1 Å². The second kappa shape index (κ2) is 14.1. The Labute approximate surface area is 237 Å². The van der Waals surface area contributed by atoms with Gasteiger partial charge in [-0.05, 0) is 61.8 Å². The number of carbonyl (C=O) groups is 1. The molecule has 0 aromatic heterocycles. The van der Waals surface area contributed by atoms with Crippen LogP contribution in [-0.4, -0.2) is 81.4 Å². The predicted octanol–water partition coefficient (Wildman–Crippen LogP) is 3.90. The first kappa shape index (κ1) is 29.2. The molecule has 1 fully saturated rings. The van der Waals surface area contributed by atoms with Crippen molar-refractivity contribution < 1.29 is 13.2 Å². The Morgan fingerprint density at radius 3 is 2.15 bits per heavy atom. The van der Waals surface area contributed by atoms with Gasteiger partial charge in [0.05, 0.1) is 4.90 Å². The summed E-state index contributed by atoms with van der Waals surface area (Å²) in [4.78, 5) is 20.8. The van der Waals surface area contributed by atoms with Crippen LogP contribution >= 0.6 is 11.6 Å². The SMILES string of the molecule is CN1CCN(CCCN(Cc2ccccc2)C(=O)[C@H](Cc2ccc(Cl)cc2)NS(=O)(=O)c2ccccc2)CC1. The van der Waals surface area contributed by atoms with Crippen molar-refractivity contribution in [2.24, 2.45) is 0 Å². The van der Waals surface area contributed by atoms with Gasteiger partial charge in [-0.15, -0.1) is 0 Å². The minimum Gasteiger partial charge on any atom is -0.337 e. The Kier molecular flexibility index (Phi) is 10.5. The summed E-state index contributed by atoms with van der Waals surface area (Å²) < 4.78 is 29.3. The van der Waals surface area contributed by atoms with Crippen LogP contribution in [0.15, 0.2) is 89.8 Å². The Morgan fingerprint density at radius 2 is 1.51 bits per heavy atom. The van der Waals surface area contributed by atoms with E-state index in [0.29, 0.717) is 18.1 Å². The lowest BCUT2D eigenvalue weighted by Crippen LogP contribution is -2.50. The van der Waals surface area contributed by atoms with E-state index in [9.17, 15) is 13.2 Å². The Balaban J connectivity index is 1.55. The van der Waals surface area contributed by atoms with Gasteiger partial charge < -0.3 is 14.7 Å². The molecule has 1 atom stereocenters. The normalized spacial score (nSPS) is 15.6. The van der Waals surface area contributed by atoms with E-state index in [0.717, 1.165) is 50.3 Å². The third-order valence-electron chi connectivity index (χ3n) is 7.03. The van der Waals surface area contributed by atoms with Crippen LogP contribution < -0.4 is 4.72 Å². The van der Waals surface area contributed by atoms with Crippen LogP contribution in [0.2, 0.25) is 5.02 Å². The molecular weight excluding hydrogens is 532 g/mol. The first-order chi connectivity index (χ1) is 18.8. The number of nitrogens with one attached hydrogen (secondary N) is 1. The molecule has 1 amide bonds. The average molecular weight is 569 g/mol. The number of rotatable bonds is 12. The van der Waals surface area contributed by atoms with E-state index in [-0.39, 0.29) is 17.2 Å². The van der Waals surface area contributed by atoms with E-state index in [1.54, 1.807) is 35.2 Å². The Bertz CT molecular complexity index is 1280. The van der Waals surface area contributed by atoms with Gasteiger partial charge in [-0.1, -0.05) is 72.3 Å². The van der Waals surface area contributed by atoms with Gasteiger partial charge in [-0.2, -0.15) is 4.72 Å². The first-order valence-corrected chi connectivity index (χ1v) is 15.2. The zero-order valence-corrected chi connectivity index (χ0v) is 23.9. The highest BCUT2D eigenvalue weighted by atomic mass is 35.5. The Morgan fingerprint density at radius 1 is 0.897 bits per heavy atom. The lowest BCUT2D eigenvalue weighted by Gasteiger charge is -2.33. The van der Waals surface area contributed by atoms with Crippen LogP contribution in [0.4, 0.5) is 0 Å². The lowest BCUT2D eigenvalue weighted by atomic mass is 10.0. The summed E-state index contributed by atoms with van der Waals surface area (Å²) in [7, 11) is -1.78. The van der Waals surface area contributed by atoms with Gasteiger partial charge in [0.2, 0.25) is 15.9 Å². The number of hydrogen-bond donors (Lipinski definition) is 1. The number of carbonyl (C=O) groups excluding carboxylic acids is 1. The van der Waals surface area contributed by atoms with Crippen molar-refractivity contribution in [2.45, 2.75) is 30.3 Å². The van der Waals surface area contributed by atoms with Crippen LogP contribution in [0, 0.1) is 0 Å². The number of benzene rings is 3. The van der Waals surface area contributed by atoms with E-state index >= 15 is 0 Å². The molecule has 208 valence electrons. The van der Waals surface area contributed by atoms with E-state index in [2.05, 4.69) is 21.6 Å². The highest BCUT2D eigenvalue weighted by molar-refractivity contribution is 7.89. The molecule has 1 saturated heterocycles. The number of hydrogen-bond acceptors (Lipinski definition) is 5. The van der Waals surface area contributed by atoms with Crippen LogP contribution in [-0.2, 0) is 27.8 Å². The van der Waals surface area contributed by atoms with Crippen molar-refractivity contribution in [1.82, 2.24) is 19.4 Å². The highest BCUT2D eigenvalue weighted by Crippen LogP contribution is 2.17. The largest absolute Gasteiger partial charge is 0.337 e. The van der Waals surface area contributed by atoms with Crippen molar-refractivity contribution in [1.29, 1.82) is 0 Å². The van der Waals surface area contributed by atoms with Crippen molar-refractivity contribution in [3.8, 4) is 0 Å². The lowest BCUT2D eigenvalue weighted by molar-refractivity contribution is -0.133. The zero-order valence-electron chi connectivity index (χ0n) is 22.4. The van der Waals surface area contributed by atoms with Gasteiger partial charge >= 0.3 is 0 Å². The summed E-state index contributed by atoms with van der Waals surface area (Å²) in [5.41, 5.74) is 1.83. The molecule has 0 saturated carbocycles. The maximum absolute atomic E-state index is 14.1. The standard InChI is InChI=1S/C30H37ClN4O3S/c1-33-19-21-34(22-20-33)17-8-18-35(24-26-9-4-2-5-10-26)30(36)29(23-25-13-15-27(31)16-14-25)32-39(37,38)28-11-6-3-7-12-28/h2-7,9-16,29,32H,8,17-24H2,1H3/t29-/m0/s1. The maximum atomic E-state index is 14.1. The topological polar surface area (TPSA) is 73.0 Å². The molecule has 39 heavy (non-hydrogen) atoms. The van der Waals surface area contributed by atoms with Gasteiger partial charge in [0, 0.05) is 44.3 Å². The van der Waals surface area contributed by atoms with Crippen LogP contribution in [0.25, 0.3) is 0 Å². The quantitative estimate of drug-likeness (QED) is 0.359. The fourth-order valence-corrected chi connectivity index (χ4v) is 6.07.